The first-order valence-corrected chi connectivity index (χ1v) is 8.52. The minimum atomic E-state index is -3.43. The molecular formula is C15H21N3O2S. The van der Waals surface area contributed by atoms with E-state index in [2.05, 4.69) is 4.90 Å². The van der Waals surface area contributed by atoms with E-state index in [9.17, 15) is 8.42 Å². The van der Waals surface area contributed by atoms with Gasteiger partial charge in [0, 0.05) is 19.6 Å². The van der Waals surface area contributed by atoms with Crippen LogP contribution in [0.2, 0.25) is 0 Å². The zero-order valence-electron chi connectivity index (χ0n) is 12.5. The van der Waals surface area contributed by atoms with Gasteiger partial charge in [-0.1, -0.05) is 0 Å². The lowest BCUT2D eigenvalue weighted by atomic mass is 9.98. The summed E-state index contributed by atoms with van der Waals surface area (Å²) in [6.07, 6.45) is 1.79. The molecule has 0 radical (unpaired) electrons. The van der Waals surface area contributed by atoms with Crippen molar-refractivity contribution < 1.29 is 8.42 Å². The molecule has 0 atom stereocenters. The monoisotopic (exact) mass is 307 g/mol. The molecule has 1 aromatic rings. The summed E-state index contributed by atoms with van der Waals surface area (Å²) in [5.41, 5.74) is 0.471. The van der Waals surface area contributed by atoms with E-state index >= 15 is 0 Å². The Morgan fingerprint density at radius 2 is 1.81 bits per heavy atom. The fourth-order valence-corrected chi connectivity index (χ4v) is 4.17. The predicted octanol–water partition coefficient (Wildman–Crippen LogP) is 1.52. The lowest BCUT2D eigenvalue weighted by Gasteiger charge is -2.32. The van der Waals surface area contributed by atoms with Crippen molar-refractivity contribution in [3.05, 3.63) is 29.8 Å². The molecule has 5 nitrogen and oxygen atoms in total. The number of hydrogen-bond donors (Lipinski definition) is 0. The van der Waals surface area contributed by atoms with Gasteiger partial charge in [0.15, 0.2) is 0 Å². The molecule has 0 bridgehead atoms. The standard InChI is InChI=1S/C15H21N3O2S/c1-17(2)12-14-7-9-18(10-8-14)21(19,20)15-5-3-13(11-16)4-6-15/h3-6,14H,7-10,12H2,1-2H3. The van der Waals surface area contributed by atoms with Crippen molar-refractivity contribution in [2.75, 3.05) is 33.7 Å². The van der Waals surface area contributed by atoms with Gasteiger partial charge >= 0.3 is 0 Å². The molecule has 6 heteroatoms. The molecule has 0 aromatic heterocycles. The second-order valence-corrected chi connectivity index (χ2v) is 7.68. The number of piperidine rings is 1. The molecule has 1 heterocycles. The highest BCUT2D eigenvalue weighted by Crippen LogP contribution is 2.24. The molecule has 2 rings (SSSR count). The van der Waals surface area contributed by atoms with Crippen LogP contribution in [0.3, 0.4) is 0 Å². The predicted molar refractivity (Wildman–Crippen MR) is 81.2 cm³/mol. The van der Waals surface area contributed by atoms with E-state index in [0.29, 0.717) is 24.6 Å². The molecule has 0 saturated carbocycles. The Morgan fingerprint density at radius 1 is 1.24 bits per heavy atom. The molecule has 1 fully saturated rings. The molecule has 114 valence electrons. The van der Waals surface area contributed by atoms with E-state index < -0.39 is 10.0 Å². The van der Waals surface area contributed by atoms with E-state index in [0.717, 1.165) is 19.4 Å². The second-order valence-electron chi connectivity index (χ2n) is 5.75. The van der Waals surface area contributed by atoms with Gasteiger partial charge in [-0.3, -0.25) is 0 Å². The van der Waals surface area contributed by atoms with Crippen molar-refractivity contribution >= 4 is 10.0 Å². The third kappa shape index (κ3) is 3.82. The van der Waals surface area contributed by atoms with Crippen LogP contribution in [-0.4, -0.2) is 51.4 Å². The molecule has 0 unspecified atom stereocenters. The first kappa shape index (κ1) is 16.0. The van der Waals surface area contributed by atoms with Gasteiger partial charge in [0.25, 0.3) is 0 Å². The highest BCUT2D eigenvalue weighted by molar-refractivity contribution is 7.89. The minimum absolute atomic E-state index is 0.271. The molecule has 0 N–H and O–H groups in total. The maximum absolute atomic E-state index is 12.5. The van der Waals surface area contributed by atoms with E-state index in [1.807, 2.05) is 20.2 Å². The van der Waals surface area contributed by atoms with Gasteiger partial charge < -0.3 is 4.90 Å². The third-order valence-corrected chi connectivity index (χ3v) is 5.73. The fourth-order valence-electron chi connectivity index (χ4n) is 2.70. The Morgan fingerprint density at radius 3 is 2.29 bits per heavy atom. The quantitative estimate of drug-likeness (QED) is 0.846. The van der Waals surface area contributed by atoms with Crippen molar-refractivity contribution in [3.63, 3.8) is 0 Å². The van der Waals surface area contributed by atoms with Gasteiger partial charge in [-0.15, -0.1) is 0 Å². The van der Waals surface area contributed by atoms with Crippen molar-refractivity contribution in [1.29, 1.82) is 5.26 Å². The summed E-state index contributed by atoms with van der Waals surface area (Å²) in [7, 11) is 0.654. The van der Waals surface area contributed by atoms with Gasteiger partial charge in [-0.2, -0.15) is 9.57 Å². The van der Waals surface area contributed by atoms with Gasteiger partial charge in [-0.25, -0.2) is 8.42 Å². The van der Waals surface area contributed by atoms with Crippen LogP contribution in [0.15, 0.2) is 29.2 Å². The van der Waals surface area contributed by atoms with Crippen LogP contribution in [0.25, 0.3) is 0 Å². The van der Waals surface area contributed by atoms with Crippen LogP contribution < -0.4 is 0 Å². The van der Waals surface area contributed by atoms with Crippen LogP contribution in [0.5, 0.6) is 0 Å². The van der Waals surface area contributed by atoms with Crippen LogP contribution in [0.1, 0.15) is 18.4 Å². The van der Waals surface area contributed by atoms with E-state index in [-0.39, 0.29) is 4.90 Å². The Hall–Kier alpha value is -1.42. The SMILES string of the molecule is CN(C)CC1CCN(S(=O)(=O)c2ccc(C#N)cc2)CC1. The summed E-state index contributed by atoms with van der Waals surface area (Å²) in [4.78, 5) is 2.42. The first-order chi connectivity index (χ1) is 9.93. The first-order valence-electron chi connectivity index (χ1n) is 7.08. The van der Waals surface area contributed by atoms with Crippen LogP contribution in [-0.2, 0) is 10.0 Å². The Labute approximate surface area is 126 Å². The summed E-state index contributed by atoms with van der Waals surface area (Å²) in [6, 6.07) is 8.12. The summed E-state index contributed by atoms with van der Waals surface area (Å²) >= 11 is 0. The van der Waals surface area contributed by atoms with Crippen LogP contribution >= 0.6 is 0 Å². The normalized spacial score (nSPS) is 17.8. The Bertz CT molecular complexity index is 609. The maximum atomic E-state index is 12.5. The molecular weight excluding hydrogens is 286 g/mol. The van der Waals surface area contributed by atoms with Crippen LogP contribution in [0, 0.1) is 17.2 Å². The summed E-state index contributed by atoms with van der Waals surface area (Å²) in [6.45, 7) is 2.15. The average Bonchev–Trinajstić information content (AvgIpc) is 2.47. The zero-order valence-corrected chi connectivity index (χ0v) is 13.3. The molecule has 0 amide bonds. The van der Waals surface area contributed by atoms with Crippen molar-refractivity contribution in [2.24, 2.45) is 5.92 Å². The highest BCUT2D eigenvalue weighted by Gasteiger charge is 2.29. The Kier molecular flexibility index (Phi) is 4.99. The third-order valence-electron chi connectivity index (χ3n) is 3.82. The topological polar surface area (TPSA) is 64.4 Å². The lowest BCUT2D eigenvalue weighted by Crippen LogP contribution is -2.40. The van der Waals surface area contributed by atoms with E-state index in [4.69, 9.17) is 5.26 Å². The number of sulfonamides is 1. The lowest BCUT2D eigenvalue weighted by molar-refractivity contribution is 0.225. The molecule has 1 aliphatic heterocycles. The summed E-state index contributed by atoms with van der Waals surface area (Å²) < 4.78 is 26.7. The molecule has 21 heavy (non-hydrogen) atoms. The highest BCUT2D eigenvalue weighted by atomic mass is 32.2. The van der Waals surface area contributed by atoms with E-state index in [1.165, 1.54) is 12.1 Å². The van der Waals surface area contributed by atoms with Crippen molar-refractivity contribution in [1.82, 2.24) is 9.21 Å². The van der Waals surface area contributed by atoms with Gasteiger partial charge in [-0.05, 0) is 57.1 Å². The van der Waals surface area contributed by atoms with Gasteiger partial charge in [0.05, 0.1) is 16.5 Å². The fraction of sp³-hybridized carbons (Fsp3) is 0.533. The summed E-state index contributed by atoms with van der Waals surface area (Å²) in [5.74, 6) is 0.562. The Balaban J connectivity index is 2.06. The second kappa shape index (κ2) is 6.56. The molecule has 0 aliphatic carbocycles. The van der Waals surface area contributed by atoms with Crippen molar-refractivity contribution in [2.45, 2.75) is 17.7 Å². The average molecular weight is 307 g/mol. The summed E-state index contributed by atoms with van der Waals surface area (Å²) in [5, 5.41) is 8.77. The largest absolute Gasteiger partial charge is 0.309 e. The van der Waals surface area contributed by atoms with Gasteiger partial charge in [0.1, 0.15) is 0 Å². The number of hydrogen-bond acceptors (Lipinski definition) is 4. The molecule has 1 aromatic carbocycles. The molecule has 1 aliphatic rings. The van der Waals surface area contributed by atoms with Crippen LogP contribution in [0.4, 0.5) is 0 Å². The smallest absolute Gasteiger partial charge is 0.243 e. The maximum Gasteiger partial charge on any atom is 0.243 e. The minimum Gasteiger partial charge on any atom is -0.309 e. The molecule has 0 spiro atoms. The zero-order chi connectivity index (χ0) is 15.5. The van der Waals surface area contributed by atoms with Crippen molar-refractivity contribution in [3.8, 4) is 6.07 Å². The number of benzene rings is 1. The van der Waals surface area contributed by atoms with E-state index in [1.54, 1.807) is 16.4 Å². The number of nitrogens with zero attached hydrogens (tertiary/aromatic N) is 3. The van der Waals surface area contributed by atoms with Gasteiger partial charge in [0.2, 0.25) is 10.0 Å². The number of rotatable bonds is 4. The number of nitriles is 1. The molecule has 1 saturated heterocycles.